The molecule has 3 rings (SSSR count). The molecular weight excluding hydrogens is 534 g/mol. The van der Waals surface area contributed by atoms with Crippen LogP contribution < -0.4 is 21.7 Å². The number of benzene rings is 1. The normalized spacial score (nSPS) is 14.8. The summed E-state index contributed by atoms with van der Waals surface area (Å²) in [4.78, 5) is 72.5. The molecule has 0 aliphatic rings. The number of nitrogens with one attached hydrogen (secondary N) is 5. The largest absolute Gasteiger partial charge is 0.481 e. The van der Waals surface area contributed by atoms with Crippen molar-refractivity contribution in [3.05, 3.63) is 54.2 Å². The maximum Gasteiger partial charge on any atom is 0.326 e. The number of H-pyrrole nitrogens is 2. The third-order valence-electron chi connectivity index (χ3n) is 6.90. The van der Waals surface area contributed by atoms with Gasteiger partial charge in [0.1, 0.15) is 18.1 Å². The van der Waals surface area contributed by atoms with Crippen LogP contribution in [0, 0.1) is 5.92 Å². The second-order valence-corrected chi connectivity index (χ2v) is 9.88. The lowest BCUT2D eigenvalue weighted by Gasteiger charge is -2.25. The van der Waals surface area contributed by atoms with Gasteiger partial charge < -0.3 is 41.9 Å². The number of carbonyl (C=O) groups is 5. The highest BCUT2D eigenvalue weighted by Crippen LogP contribution is 2.19. The topological polar surface area (TPSA) is 232 Å². The molecule has 41 heavy (non-hydrogen) atoms. The Kier molecular flexibility index (Phi) is 10.6. The Morgan fingerprint density at radius 2 is 1.59 bits per heavy atom. The highest BCUT2D eigenvalue weighted by Gasteiger charge is 2.32. The van der Waals surface area contributed by atoms with Crippen molar-refractivity contribution >= 4 is 40.6 Å². The van der Waals surface area contributed by atoms with E-state index in [1.165, 1.54) is 12.5 Å². The van der Waals surface area contributed by atoms with Crippen LogP contribution in [0.4, 0.5) is 0 Å². The molecule has 220 valence electrons. The first kappa shape index (κ1) is 30.8. The maximum atomic E-state index is 13.3. The number of amides is 3. The summed E-state index contributed by atoms with van der Waals surface area (Å²) in [5.74, 6) is -5.37. The molecule has 0 saturated heterocycles. The van der Waals surface area contributed by atoms with Gasteiger partial charge in [0.15, 0.2) is 0 Å². The second kappa shape index (κ2) is 14.1. The van der Waals surface area contributed by atoms with Gasteiger partial charge in [0.05, 0.1) is 18.8 Å². The van der Waals surface area contributed by atoms with Gasteiger partial charge >= 0.3 is 11.9 Å². The van der Waals surface area contributed by atoms with Crippen molar-refractivity contribution in [1.82, 2.24) is 30.9 Å². The zero-order chi connectivity index (χ0) is 30.1. The third kappa shape index (κ3) is 8.38. The summed E-state index contributed by atoms with van der Waals surface area (Å²) in [6.07, 6.45) is 4.12. The van der Waals surface area contributed by atoms with E-state index in [0.717, 1.165) is 10.9 Å². The minimum absolute atomic E-state index is 0.0511. The standard InChI is InChI=1S/C27H35N7O7/c1-3-14(2)23(28)26(39)33-19(9-16-12-29-13-31-16)24(37)32-20(10-22(35)36)25(38)34-21(27(40)41)8-15-11-30-18-7-5-4-6-17(15)18/h4-7,11-14,19-21,23,30H,3,8-10,28H2,1-2H3,(H,29,31)(H,32,37)(H,33,39)(H,34,38)(H,35,36)(H,40,41). The zero-order valence-corrected chi connectivity index (χ0v) is 22.7. The Hall–Kier alpha value is -4.72. The van der Waals surface area contributed by atoms with Crippen LogP contribution in [0.25, 0.3) is 10.9 Å². The van der Waals surface area contributed by atoms with Gasteiger partial charge in [-0.2, -0.15) is 0 Å². The van der Waals surface area contributed by atoms with E-state index in [1.54, 1.807) is 25.3 Å². The summed E-state index contributed by atoms with van der Waals surface area (Å²) in [7, 11) is 0. The molecule has 9 N–H and O–H groups in total. The Morgan fingerprint density at radius 3 is 2.22 bits per heavy atom. The molecule has 3 aromatic rings. The number of hydrogen-bond donors (Lipinski definition) is 8. The summed E-state index contributed by atoms with van der Waals surface area (Å²) in [5.41, 5.74) is 7.93. The molecule has 2 aromatic heterocycles. The fraction of sp³-hybridized carbons (Fsp3) is 0.407. The lowest BCUT2D eigenvalue weighted by atomic mass is 9.98. The number of aromatic nitrogens is 3. The molecule has 0 aliphatic carbocycles. The minimum Gasteiger partial charge on any atom is -0.481 e. The molecule has 0 spiro atoms. The number of carboxylic acid groups (broad SMARTS) is 2. The number of nitrogens with zero attached hydrogens (tertiary/aromatic N) is 1. The van der Waals surface area contributed by atoms with Gasteiger partial charge in [0, 0.05) is 41.8 Å². The first-order valence-corrected chi connectivity index (χ1v) is 13.1. The van der Waals surface area contributed by atoms with Crippen LogP contribution in [0.1, 0.15) is 37.9 Å². The van der Waals surface area contributed by atoms with Crippen LogP contribution >= 0.6 is 0 Å². The summed E-state index contributed by atoms with van der Waals surface area (Å²) in [6.45, 7) is 3.65. The Labute approximate surface area is 235 Å². The number of para-hydroxylation sites is 1. The smallest absolute Gasteiger partial charge is 0.326 e. The van der Waals surface area contributed by atoms with Crippen molar-refractivity contribution in [2.75, 3.05) is 0 Å². The number of aromatic amines is 2. The van der Waals surface area contributed by atoms with E-state index in [4.69, 9.17) is 5.73 Å². The number of nitrogens with two attached hydrogens (primary N) is 1. The SMILES string of the molecule is CCC(C)C(N)C(=O)NC(Cc1cnc[nH]1)C(=O)NC(CC(=O)O)C(=O)NC(Cc1c[nH]c2ccccc12)C(=O)O. The fourth-order valence-corrected chi connectivity index (χ4v) is 4.25. The van der Waals surface area contributed by atoms with E-state index >= 15 is 0 Å². The van der Waals surface area contributed by atoms with Gasteiger partial charge in [-0.05, 0) is 17.5 Å². The van der Waals surface area contributed by atoms with Crippen molar-refractivity contribution < 1.29 is 34.2 Å². The number of rotatable bonds is 15. The van der Waals surface area contributed by atoms with E-state index in [0.29, 0.717) is 17.7 Å². The van der Waals surface area contributed by atoms with Crippen LogP contribution in [0.3, 0.4) is 0 Å². The summed E-state index contributed by atoms with van der Waals surface area (Å²) < 4.78 is 0. The van der Waals surface area contributed by atoms with Crippen molar-refractivity contribution in [1.29, 1.82) is 0 Å². The van der Waals surface area contributed by atoms with E-state index < -0.39 is 60.2 Å². The van der Waals surface area contributed by atoms with Gasteiger partial charge in [-0.15, -0.1) is 0 Å². The molecule has 14 nitrogen and oxygen atoms in total. The summed E-state index contributed by atoms with van der Waals surface area (Å²) in [5, 5.41) is 27.3. The molecular formula is C27H35N7O7. The fourth-order valence-electron chi connectivity index (χ4n) is 4.25. The van der Waals surface area contributed by atoms with Crippen LogP contribution in [0.2, 0.25) is 0 Å². The van der Waals surface area contributed by atoms with Gasteiger partial charge in [-0.3, -0.25) is 19.2 Å². The Morgan fingerprint density at radius 1 is 0.927 bits per heavy atom. The predicted molar refractivity (Wildman–Crippen MR) is 147 cm³/mol. The number of hydrogen-bond acceptors (Lipinski definition) is 7. The van der Waals surface area contributed by atoms with E-state index in [9.17, 15) is 34.2 Å². The second-order valence-electron chi connectivity index (χ2n) is 9.88. The Bertz CT molecular complexity index is 1370. The molecule has 0 aliphatic heterocycles. The van der Waals surface area contributed by atoms with Crippen molar-refractivity contribution in [3.63, 3.8) is 0 Å². The van der Waals surface area contributed by atoms with Crippen LogP contribution in [0.15, 0.2) is 43.0 Å². The highest BCUT2D eigenvalue weighted by molar-refractivity contribution is 5.96. The number of carbonyl (C=O) groups excluding carboxylic acids is 3. The van der Waals surface area contributed by atoms with Crippen LogP contribution in [-0.2, 0) is 36.8 Å². The van der Waals surface area contributed by atoms with Crippen molar-refractivity contribution in [2.45, 2.75) is 63.7 Å². The number of aliphatic carboxylic acids is 2. The average molecular weight is 570 g/mol. The van der Waals surface area contributed by atoms with Gasteiger partial charge in [-0.25, -0.2) is 9.78 Å². The van der Waals surface area contributed by atoms with E-state index in [2.05, 4.69) is 30.9 Å². The first-order valence-electron chi connectivity index (χ1n) is 13.1. The summed E-state index contributed by atoms with van der Waals surface area (Å²) in [6, 6.07) is 2.05. The van der Waals surface area contributed by atoms with Gasteiger partial charge in [0.2, 0.25) is 17.7 Å². The minimum atomic E-state index is -1.63. The first-order chi connectivity index (χ1) is 19.5. The van der Waals surface area contributed by atoms with Crippen molar-refractivity contribution in [3.8, 4) is 0 Å². The lowest BCUT2D eigenvalue weighted by Crippen LogP contribution is -2.58. The molecule has 0 bridgehead atoms. The monoisotopic (exact) mass is 569 g/mol. The predicted octanol–water partition coefficient (Wildman–Crippen LogP) is 0.0633. The molecule has 1 aromatic carbocycles. The van der Waals surface area contributed by atoms with Crippen molar-refractivity contribution in [2.24, 2.45) is 11.7 Å². The van der Waals surface area contributed by atoms with Crippen LogP contribution in [-0.4, -0.2) is 79.0 Å². The number of carboxylic acids is 2. The zero-order valence-electron chi connectivity index (χ0n) is 22.7. The van der Waals surface area contributed by atoms with Crippen LogP contribution in [0.5, 0.6) is 0 Å². The lowest BCUT2D eigenvalue weighted by molar-refractivity contribution is -0.143. The van der Waals surface area contributed by atoms with Gasteiger partial charge in [0.25, 0.3) is 0 Å². The molecule has 0 radical (unpaired) electrons. The van der Waals surface area contributed by atoms with Gasteiger partial charge in [-0.1, -0.05) is 38.5 Å². The molecule has 5 atom stereocenters. The molecule has 0 fully saturated rings. The third-order valence-corrected chi connectivity index (χ3v) is 6.90. The molecule has 2 heterocycles. The maximum absolute atomic E-state index is 13.3. The quantitative estimate of drug-likeness (QED) is 0.123. The summed E-state index contributed by atoms with van der Waals surface area (Å²) >= 11 is 0. The average Bonchev–Trinajstić information content (AvgIpc) is 3.60. The Balaban J connectivity index is 1.77. The highest BCUT2D eigenvalue weighted by atomic mass is 16.4. The molecule has 14 heteroatoms. The number of imidazole rings is 1. The molecule has 5 unspecified atom stereocenters. The van der Waals surface area contributed by atoms with E-state index in [1.807, 2.05) is 19.1 Å². The molecule has 3 amide bonds. The van der Waals surface area contributed by atoms with E-state index in [-0.39, 0.29) is 18.8 Å². The number of fused-ring (bicyclic) bond motifs is 1. The molecule has 0 saturated carbocycles.